The molecule has 2 nitrogen and oxygen atoms in total. The monoisotopic (exact) mass is 269 g/mol. The molecule has 14 heavy (non-hydrogen) atoms. The van der Waals surface area contributed by atoms with Gasteiger partial charge in [0.2, 0.25) is 0 Å². The Morgan fingerprint density at radius 1 is 1.36 bits per heavy atom. The molecule has 0 radical (unpaired) electrons. The number of hydrogen-bond acceptors (Lipinski definition) is 2. The maximum absolute atomic E-state index is 11.0. The van der Waals surface area contributed by atoms with Crippen molar-refractivity contribution >= 4 is 32.8 Å². The van der Waals surface area contributed by atoms with Crippen LogP contribution in [-0.4, -0.2) is 4.98 Å². The van der Waals surface area contributed by atoms with Gasteiger partial charge in [0.1, 0.15) is 0 Å². The first-order valence-electron chi connectivity index (χ1n) is 4.18. The van der Waals surface area contributed by atoms with Gasteiger partial charge in [0.15, 0.2) is 0 Å². The van der Waals surface area contributed by atoms with E-state index in [1.807, 2.05) is 17.5 Å². The normalized spacial score (nSPS) is 16.1. The van der Waals surface area contributed by atoms with Crippen LogP contribution >= 0.6 is 27.3 Å². The average molecular weight is 270 g/mol. The van der Waals surface area contributed by atoms with Gasteiger partial charge in [-0.05, 0) is 18.1 Å². The topological polar surface area (TPSA) is 32.9 Å². The Morgan fingerprint density at radius 2 is 2.21 bits per heavy atom. The van der Waals surface area contributed by atoms with E-state index in [0.29, 0.717) is 0 Å². The van der Waals surface area contributed by atoms with Gasteiger partial charge in [0.05, 0.1) is 5.69 Å². The zero-order valence-electron chi connectivity index (χ0n) is 7.29. The van der Waals surface area contributed by atoms with Gasteiger partial charge in [-0.15, -0.1) is 0 Å². The zero-order valence-corrected chi connectivity index (χ0v) is 9.69. The van der Waals surface area contributed by atoms with Crippen LogP contribution in [-0.2, 0) is 0 Å². The number of rotatable bonds is 1. The van der Waals surface area contributed by atoms with E-state index in [1.54, 1.807) is 0 Å². The third-order valence-electron chi connectivity index (χ3n) is 1.90. The summed E-state index contributed by atoms with van der Waals surface area (Å²) in [6.45, 7) is 0. The summed E-state index contributed by atoms with van der Waals surface area (Å²) in [7, 11) is 0. The minimum atomic E-state index is -0.00873. The van der Waals surface area contributed by atoms with E-state index in [0.717, 1.165) is 22.2 Å². The second-order valence-corrected chi connectivity index (χ2v) is 4.64. The molecule has 0 saturated carbocycles. The smallest absolute Gasteiger partial charge is 0.304 e. The fraction of sp³-hybridized carbons (Fsp3) is 0.100. The van der Waals surface area contributed by atoms with Crippen molar-refractivity contribution in [1.82, 2.24) is 4.98 Å². The Bertz CT molecular complexity index is 478. The highest BCUT2D eigenvalue weighted by Crippen LogP contribution is 2.21. The van der Waals surface area contributed by atoms with E-state index in [1.165, 1.54) is 11.3 Å². The molecule has 0 amide bonds. The van der Waals surface area contributed by atoms with Crippen molar-refractivity contribution in [1.29, 1.82) is 0 Å². The number of aromatic amines is 1. The van der Waals surface area contributed by atoms with Gasteiger partial charge in [0, 0.05) is 9.86 Å². The Labute approximate surface area is 93.8 Å². The van der Waals surface area contributed by atoms with Crippen LogP contribution in [0, 0.1) is 0 Å². The number of nitrogens with one attached hydrogen (secondary N) is 1. The molecule has 0 aromatic carbocycles. The van der Waals surface area contributed by atoms with Gasteiger partial charge in [-0.25, -0.2) is 0 Å². The van der Waals surface area contributed by atoms with Crippen molar-refractivity contribution in [2.75, 3.05) is 0 Å². The second-order valence-electron chi connectivity index (χ2n) is 2.88. The van der Waals surface area contributed by atoms with Crippen LogP contribution in [0.1, 0.15) is 12.1 Å². The highest BCUT2D eigenvalue weighted by atomic mass is 79.9. The van der Waals surface area contributed by atoms with Crippen LogP contribution in [0.25, 0.3) is 5.57 Å². The average Bonchev–Trinajstić information content (AvgIpc) is 2.46. The fourth-order valence-corrected chi connectivity index (χ4v) is 2.13. The van der Waals surface area contributed by atoms with Crippen molar-refractivity contribution in [3.63, 3.8) is 0 Å². The van der Waals surface area contributed by atoms with E-state index in [4.69, 9.17) is 0 Å². The predicted octanol–water partition coefficient (Wildman–Crippen LogP) is 3.06. The lowest BCUT2D eigenvalue weighted by molar-refractivity contribution is 1.29. The van der Waals surface area contributed by atoms with E-state index >= 15 is 0 Å². The van der Waals surface area contributed by atoms with Gasteiger partial charge < -0.3 is 4.98 Å². The molecule has 4 heteroatoms. The standard InChI is InChI=1S/C10H8BrNOS/c11-8-3-1-2-7(4-5-8)9-6-14-10(13)12-9/h2-6H,1H2,(H,12,13). The molecule has 1 aliphatic carbocycles. The van der Waals surface area contributed by atoms with Crippen molar-refractivity contribution in [2.24, 2.45) is 0 Å². The molecule has 1 aromatic rings. The van der Waals surface area contributed by atoms with Crippen LogP contribution in [0.5, 0.6) is 0 Å². The summed E-state index contributed by atoms with van der Waals surface area (Å²) in [5.74, 6) is 0. The lowest BCUT2D eigenvalue weighted by Gasteiger charge is -1.94. The molecule has 72 valence electrons. The molecule has 1 heterocycles. The molecule has 0 saturated heterocycles. The van der Waals surface area contributed by atoms with Crippen molar-refractivity contribution < 1.29 is 0 Å². The summed E-state index contributed by atoms with van der Waals surface area (Å²) in [5, 5.41) is 1.84. The largest absolute Gasteiger partial charge is 0.312 e. The molecular weight excluding hydrogens is 262 g/mol. The Hall–Kier alpha value is -0.870. The number of aromatic nitrogens is 1. The molecule has 0 fully saturated rings. The number of thiazole rings is 1. The molecule has 0 bridgehead atoms. The summed E-state index contributed by atoms with van der Waals surface area (Å²) >= 11 is 4.61. The zero-order chi connectivity index (χ0) is 9.97. The fourth-order valence-electron chi connectivity index (χ4n) is 1.23. The van der Waals surface area contributed by atoms with Crippen molar-refractivity contribution in [3.8, 4) is 0 Å². The molecule has 2 rings (SSSR count). The maximum atomic E-state index is 11.0. The van der Waals surface area contributed by atoms with E-state index in [9.17, 15) is 4.79 Å². The van der Waals surface area contributed by atoms with E-state index in [2.05, 4.69) is 33.1 Å². The highest BCUT2D eigenvalue weighted by Gasteiger charge is 2.02. The number of halogens is 1. The molecule has 1 N–H and O–H groups in total. The third-order valence-corrected chi connectivity index (χ3v) is 3.16. The predicted molar refractivity (Wildman–Crippen MR) is 63.7 cm³/mol. The number of H-pyrrole nitrogens is 1. The minimum absolute atomic E-state index is 0.00873. The molecule has 1 aliphatic rings. The third kappa shape index (κ3) is 2.13. The molecule has 1 aromatic heterocycles. The van der Waals surface area contributed by atoms with Crippen LogP contribution in [0.2, 0.25) is 0 Å². The second kappa shape index (κ2) is 4.11. The Morgan fingerprint density at radius 3 is 2.93 bits per heavy atom. The first kappa shape index (κ1) is 9.68. The summed E-state index contributed by atoms with van der Waals surface area (Å²) in [6, 6.07) is 0. The summed E-state index contributed by atoms with van der Waals surface area (Å²) in [5.41, 5.74) is 1.96. The van der Waals surface area contributed by atoms with Crippen LogP contribution in [0.4, 0.5) is 0 Å². The van der Waals surface area contributed by atoms with Gasteiger partial charge in [0.25, 0.3) is 0 Å². The summed E-state index contributed by atoms with van der Waals surface area (Å²) < 4.78 is 1.07. The maximum Gasteiger partial charge on any atom is 0.304 e. The van der Waals surface area contributed by atoms with Crippen molar-refractivity contribution in [2.45, 2.75) is 6.42 Å². The molecule has 0 unspecified atom stereocenters. The van der Waals surface area contributed by atoms with Crippen LogP contribution in [0.3, 0.4) is 0 Å². The summed E-state index contributed by atoms with van der Waals surface area (Å²) in [4.78, 5) is 13.8. The molecule has 0 atom stereocenters. The first-order valence-corrected chi connectivity index (χ1v) is 5.85. The van der Waals surface area contributed by atoms with E-state index < -0.39 is 0 Å². The lowest BCUT2D eigenvalue weighted by Crippen LogP contribution is -1.93. The van der Waals surface area contributed by atoms with E-state index in [-0.39, 0.29) is 4.87 Å². The van der Waals surface area contributed by atoms with Gasteiger partial charge in [-0.1, -0.05) is 45.5 Å². The number of hydrogen-bond donors (Lipinski definition) is 1. The first-order chi connectivity index (χ1) is 6.75. The lowest BCUT2D eigenvalue weighted by atomic mass is 10.2. The Balaban J connectivity index is 2.33. The van der Waals surface area contributed by atoms with Crippen molar-refractivity contribution in [3.05, 3.63) is 49.5 Å². The summed E-state index contributed by atoms with van der Waals surface area (Å²) in [6.07, 6.45) is 9.01. The number of allylic oxidation sites excluding steroid dienone is 6. The highest BCUT2D eigenvalue weighted by molar-refractivity contribution is 9.11. The van der Waals surface area contributed by atoms with Gasteiger partial charge in [-0.2, -0.15) is 0 Å². The van der Waals surface area contributed by atoms with Gasteiger partial charge in [-0.3, -0.25) is 4.79 Å². The quantitative estimate of drug-likeness (QED) is 0.835. The molecule has 0 aliphatic heterocycles. The SMILES string of the molecule is O=c1[nH]c(C2=CCC=C(Br)C=C2)cs1. The molecular formula is C10H8BrNOS. The minimum Gasteiger partial charge on any atom is -0.312 e. The van der Waals surface area contributed by atoms with Gasteiger partial charge >= 0.3 is 4.87 Å². The van der Waals surface area contributed by atoms with Crippen LogP contribution < -0.4 is 4.87 Å². The van der Waals surface area contributed by atoms with Crippen LogP contribution in [0.15, 0.2) is 39.0 Å². The molecule has 0 spiro atoms. The Kier molecular flexibility index (Phi) is 2.84.